The summed E-state index contributed by atoms with van der Waals surface area (Å²) in [6, 6.07) is 0. The Kier molecular flexibility index (Phi) is 2.31. The van der Waals surface area contributed by atoms with Crippen molar-refractivity contribution in [3.8, 4) is 0 Å². The number of imidazole rings is 1. The first kappa shape index (κ1) is 7.12. The normalized spacial score (nSPS) is 10.1. The third kappa shape index (κ3) is 1.76. The van der Waals surface area contributed by atoms with Crippen molar-refractivity contribution in [2.45, 2.75) is 26.2 Å². The fourth-order valence-electron chi connectivity index (χ4n) is 0.873. The number of rotatable bonds is 3. The van der Waals surface area contributed by atoms with Crippen LogP contribution in [0.15, 0.2) is 11.0 Å². The average molecular weight is 140 g/mol. The van der Waals surface area contributed by atoms with Crippen LogP contribution in [0.25, 0.3) is 0 Å². The van der Waals surface area contributed by atoms with Gasteiger partial charge in [-0.2, -0.15) is 0 Å². The first-order valence-corrected chi connectivity index (χ1v) is 3.59. The predicted molar refractivity (Wildman–Crippen MR) is 40.0 cm³/mol. The van der Waals surface area contributed by atoms with E-state index in [2.05, 4.69) is 16.9 Å². The molecule has 0 aliphatic heterocycles. The van der Waals surface area contributed by atoms with E-state index in [0.717, 1.165) is 25.0 Å². The molecule has 10 heavy (non-hydrogen) atoms. The zero-order chi connectivity index (χ0) is 7.40. The second kappa shape index (κ2) is 3.25. The van der Waals surface area contributed by atoms with Crippen molar-refractivity contribution in [1.29, 1.82) is 0 Å². The van der Waals surface area contributed by atoms with Gasteiger partial charge in [-0.05, 0) is 12.8 Å². The number of hydrogen-bond acceptors (Lipinski definition) is 1. The number of aryl methyl sites for hydroxylation is 1. The molecule has 0 radical (unpaired) electrons. The molecule has 1 heterocycles. The van der Waals surface area contributed by atoms with Crippen LogP contribution in [0.2, 0.25) is 0 Å². The quantitative estimate of drug-likeness (QED) is 0.647. The maximum absolute atomic E-state index is 10.5. The Balaban J connectivity index is 2.50. The van der Waals surface area contributed by atoms with Crippen molar-refractivity contribution >= 4 is 0 Å². The van der Waals surface area contributed by atoms with Crippen LogP contribution in [0.5, 0.6) is 0 Å². The minimum absolute atomic E-state index is 0.105. The van der Waals surface area contributed by atoms with Crippen LogP contribution in [-0.2, 0) is 6.42 Å². The number of H-pyrrole nitrogens is 2. The molecule has 1 aromatic heterocycles. The van der Waals surface area contributed by atoms with E-state index in [4.69, 9.17) is 0 Å². The molecule has 0 bridgehead atoms. The standard InChI is InChI=1S/C7H12N2O/c1-2-3-4-6-5-8-7(10)9-6/h5H,2-4H2,1H3,(H2,8,9,10). The Labute approximate surface area is 59.5 Å². The van der Waals surface area contributed by atoms with Gasteiger partial charge in [0.1, 0.15) is 0 Å². The fourth-order valence-corrected chi connectivity index (χ4v) is 0.873. The molecule has 0 spiro atoms. The first-order chi connectivity index (χ1) is 4.83. The Morgan fingerprint density at radius 3 is 2.90 bits per heavy atom. The Hall–Kier alpha value is -0.990. The summed E-state index contributed by atoms with van der Waals surface area (Å²) in [5.41, 5.74) is 0.901. The third-order valence-electron chi connectivity index (χ3n) is 1.45. The van der Waals surface area contributed by atoms with Gasteiger partial charge in [0, 0.05) is 11.9 Å². The highest BCUT2D eigenvalue weighted by molar-refractivity contribution is 4.93. The second-order valence-electron chi connectivity index (χ2n) is 2.37. The largest absolute Gasteiger partial charge is 0.323 e. The summed E-state index contributed by atoms with van der Waals surface area (Å²) in [6.45, 7) is 2.13. The lowest BCUT2D eigenvalue weighted by Gasteiger charge is -1.90. The summed E-state index contributed by atoms with van der Waals surface area (Å²) >= 11 is 0. The molecule has 3 heteroatoms. The predicted octanol–water partition coefficient (Wildman–Crippen LogP) is 1.05. The average Bonchev–Trinajstić information content (AvgIpc) is 2.31. The van der Waals surface area contributed by atoms with Gasteiger partial charge in [-0.1, -0.05) is 13.3 Å². The summed E-state index contributed by atoms with van der Waals surface area (Å²) in [4.78, 5) is 15.8. The highest BCUT2D eigenvalue weighted by Gasteiger charge is 1.92. The van der Waals surface area contributed by atoms with Crippen LogP contribution >= 0.6 is 0 Å². The number of aromatic nitrogens is 2. The molecular formula is C7H12N2O. The molecule has 0 unspecified atom stereocenters. The van der Waals surface area contributed by atoms with Gasteiger partial charge in [0.15, 0.2) is 0 Å². The molecular weight excluding hydrogens is 128 g/mol. The summed E-state index contributed by atoms with van der Waals surface area (Å²) in [5, 5.41) is 0. The Morgan fingerprint density at radius 1 is 1.60 bits per heavy atom. The number of unbranched alkanes of at least 4 members (excludes halogenated alkanes) is 1. The molecule has 2 N–H and O–H groups in total. The minimum Gasteiger partial charge on any atom is -0.313 e. The van der Waals surface area contributed by atoms with E-state index in [0.29, 0.717) is 0 Å². The molecule has 0 amide bonds. The van der Waals surface area contributed by atoms with Gasteiger partial charge in [0.25, 0.3) is 0 Å². The molecule has 0 aliphatic carbocycles. The zero-order valence-electron chi connectivity index (χ0n) is 6.11. The Bertz CT molecular complexity index is 236. The topological polar surface area (TPSA) is 48.6 Å². The van der Waals surface area contributed by atoms with E-state index in [1.165, 1.54) is 0 Å². The minimum atomic E-state index is -0.105. The lowest BCUT2D eigenvalue weighted by Crippen LogP contribution is -2.00. The molecule has 3 nitrogen and oxygen atoms in total. The fraction of sp³-hybridized carbons (Fsp3) is 0.571. The Morgan fingerprint density at radius 2 is 2.40 bits per heavy atom. The highest BCUT2D eigenvalue weighted by Crippen LogP contribution is 1.96. The maximum Gasteiger partial charge on any atom is 0.323 e. The van der Waals surface area contributed by atoms with Gasteiger partial charge >= 0.3 is 5.69 Å². The van der Waals surface area contributed by atoms with Gasteiger partial charge < -0.3 is 9.97 Å². The summed E-state index contributed by atoms with van der Waals surface area (Å²) in [5.74, 6) is 0. The van der Waals surface area contributed by atoms with Crippen molar-refractivity contribution in [2.75, 3.05) is 0 Å². The first-order valence-electron chi connectivity index (χ1n) is 3.59. The van der Waals surface area contributed by atoms with Crippen LogP contribution < -0.4 is 5.69 Å². The van der Waals surface area contributed by atoms with Crippen molar-refractivity contribution in [3.63, 3.8) is 0 Å². The van der Waals surface area contributed by atoms with Crippen molar-refractivity contribution < 1.29 is 0 Å². The molecule has 0 atom stereocenters. The van der Waals surface area contributed by atoms with E-state index in [1.54, 1.807) is 6.20 Å². The summed E-state index contributed by atoms with van der Waals surface area (Å²) < 4.78 is 0. The third-order valence-corrected chi connectivity index (χ3v) is 1.45. The number of hydrogen-bond donors (Lipinski definition) is 2. The maximum atomic E-state index is 10.5. The van der Waals surface area contributed by atoms with Crippen LogP contribution in [0.1, 0.15) is 25.5 Å². The second-order valence-corrected chi connectivity index (χ2v) is 2.37. The lowest BCUT2D eigenvalue weighted by atomic mass is 10.2. The lowest BCUT2D eigenvalue weighted by molar-refractivity contribution is 0.779. The van der Waals surface area contributed by atoms with E-state index in [9.17, 15) is 4.79 Å². The molecule has 1 aromatic rings. The summed E-state index contributed by atoms with van der Waals surface area (Å²) in [7, 11) is 0. The molecule has 56 valence electrons. The van der Waals surface area contributed by atoms with Crippen LogP contribution in [0, 0.1) is 0 Å². The van der Waals surface area contributed by atoms with Gasteiger partial charge in [-0.25, -0.2) is 4.79 Å². The molecule has 0 aromatic carbocycles. The van der Waals surface area contributed by atoms with E-state index in [1.807, 2.05) is 0 Å². The molecule has 0 aliphatic rings. The van der Waals surface area contributed by atoms with Gasteiger partial charge in [-0.3, -0.25) is 0 Å². The number of nitrogens with one attached hydrogen (secondary N) is 2. The van der Waals surface area contributed by atoms with Crippen molar-refractivity contribution in [2.24, 2.45) is 0 Å². The zero-order valence-corrected chi connectivity index (χ0v) is 6.11. The van der Waals surface area contributed by atoms with Crippen molar-refractivity contribution in [1.82, 2.24) is 9.97 Å². The smallest absolute Gasteiger partial charge is 0.313 e. The van der Waals surface area contributed by atoms with Crippen molar-refractivity contribution in [3.05, 3.63) is 22.4 Å². The molecule has 0 fully saturated rings. The molecule has 1 rings (SSSR count). The van der Waals surface area contributed by atoms with E-state index in [-0.39, 0.29) is 5.69 Å². The highest BCUT2D eigenvalue weighted by atomic mass is 16.1. The van der Waals surface area contributed by atoms with E-state index < -0.39 is 0 Å². The van der Waals surface area contributed by atoms with Crippen LogP contribution in [-0.4, -0.2) is 9.97 Å². The van der Waals surface area contributed by atoms with Gasteiger partial charge in [0.2, 0.25) is 0 Å². The summed E-state index contributed by atoms with van der Waals surface area (Å²) in [6.07, 6.45) is 4.99. The van der Waals surface area contributed by atoms with Gasteiger partial charge in [0.05, 0.1) is 0 Å². The monoisotopic (exact) mass is 140 g/mol. The molecule has 0 saturated carbocycles. The van der Waals surface area contributed by atoms with Crippen LogP contribution in [0.4, 0.5) is 0 Å². The van der Waals surface area contributed by atoms with E-state index >= 15 is 0 Å². The van der Waals surface area contributed by atoms with Crippen LogP contribution in [0.3, 0.4) is 0 Å². The SMILES string of the molecule is CCCCc1c[nH]c(=O)[nH]1. The molecule has 0 saturated heterocycles. The van der Waals surface area contributed by atoms with Gasteiger partial charge in [-0.15, -0.1) is 0 Å². The number of aromatic amines is 2.